The normalized spacial score (nSPS) is 12.1. The summed E-state index contributed by atoms with van der Waals surface area (Å²) < 4.78 is 4.55. The van der Waals surface area contributed by atoms with Gasteiger partial charge in [-0.15, -0.1) is 0 Å². The number of carbonyl (C=O) groups is 2. The van der Waals surface area contributed by atoms with Gasteiger partial charge in [-0.1, -0.05) is 0 Å². The van der Waals surface area contributed by atoms with Crippen LogP contribution in [-0.2, 0) is 14.3 Å². The van der Waals surface area contributed by atoms with Crippen molar-refractivity contribution in [2.45, 2.75) is 39.3 Å². The number of hydrogen-bond acceptors (Lipinski definition) is 4. The molecule has 0 fully saturated rings. The highest BCUT2D eigenvalue weighted by Crippen LogP contribution is 2.02. The fourth-order valence-corrected chi connectivity index (χ4v) is 0.144. The largest absolute Gasteiger partial charge is 0.480 e. The summed E-state index contributed by atoms with van der Waals surface area (Å²) in [5.41, 5.74) is 4.52. The number of hydrogen-bond donors (Lipinski definition) is 2. The van der Waals surface area contributed by atoms with Crippen LogP contribution in [0.15, 0.2) is 0 Å². The van der Waals surface area contributed by atoms with Crippen molar-refractivity contribution in [3.8, 4) is 0 Å². The first kappa shape index (κ1) is 14.4. The highest BCUT2D eigenvalue weighted by molar-refractivity contribution is 5.72. The number of ether oxygens (including phenoxy) is 1. The Balaban J connectivity index is 0. The smallest absolute Gasteiger partial charge is 0.320 e. The van der Waals surface area contributed by atoms with Crippen LogP contribution in [0.25, 0.3) is 0 Å². The van der Waals surface area contributed by atoms with E-state index in [1.165, 1.54) is 6.92 Å². The maximum absolute atomic E-state index is 9.60. The first-order chi connectivity index (χ1) is 5.70. The molecule has 13 heavy (non-hydrogen) atoms. The molecule has 0 saturated carbocycles. The minimum atomic E-state index is -0.963. The monoisotopic (exact) mass is 191 g/mol. The summed E-state index contributed by atoms with van der Waals surface area (Å²) in [6.07, 6.45) is 0. The number of aliphatic carboxylic acids is 1. The van der Waals surface area contributed by atoms with E-state index in [1.807, 2.05) is 20.8 Å². The summed E-state index contributed by atoms with van der Waals surface area (Å²) in [5, 5.41) is 7.87. The topological polar surface area (TPSA) is 89.6 Å². The summed E-state index contributed by atoms with van der Waals surface area (Å²) in [5.74, 6) is -0.963. The predicted molar refractivity (Wildman–Crippen MR) is 48.2 cm³/mol. The lowest BCUT2D eigenvalue weighted by atomic mass is 10.2. The molecule has 3 N–H and O–H groups in total. The molecule has 5 heteroatoms. The molecule has 0 aliphatic carbocycles. The van der Waals surface area contributed by atoms with Crippen molar-refractivity contribution in [3.63, 3.8) is 0 Å². The van der Waals surface area contributed by atoms with Crippen LogP contribution in [0, 0.1) is 0 Å². The van der Waals surface area contributed by atoms with Crippen molar-refractivity contribution in [2.75, 3.05) is 0 Å². The van der Waals surface area contributed by atoms with E-state index in [9.17, 15) is 9.59 Å². The Kier molecular flexibility index (Phi) is 7.12. The number of carboxylic acids is 1. The second-order valence-corrected chi connectivity index (χ2v) is 3.45. The molecule has 0 aromatic carbocycles. The van der Waals surface area contributed by atoms with Gasteiger partial charge in [-0.2, -0.15) is 0 Å². The highest BCUT2D eigenvalue weighted by atomic mass is 16.5. The third-order valence-electron chi connectivity index (χ3n) is 0.791. The molecular weight excluding hydrogens is 174 g/mol. The SMILES string of the molecule is CC(C)(C)OC=O.C[C@H](N)C(=O)O. The van der Waals surface area contributed by atoms with Crippen LogP contribution in [-0.4, -0.2) is 29.2 Å². The molecular formula is C8H17NO4. The minimum Gasteiger partial charge on any atom is -0.480 e. The van der Waals surface area contributed by atoms with E-state index in [2.05, 4.69) is 4.74 Å². The molecule has 0 heterocycles. The van der Waals surface area contributed by atoms with Crippen molar-refractivity contribution in [1.29, 1.82) is 0 Å². The molecule has 0 aliphatic heterocycles. The summed E-state index contributed by atoms with van der Waals surface area (Å²) in [4.78, 5) is 19.2. The van der Waals surface area contributed by atoms with E-state index in [4.69, 9.17) is 10.8 Å². The number of rotatable bonds is 2. The molecule has 0 rings (SSSR count). The molecule has 0 aliphatic rings. The molecule has 0 radical (unpaired) electrons. The van der Waals surface area contributed by atoms with Crippen LogP contribution in [0.4, 0.5) is 0 Å². The molecule has 5 nitrogen and oxygen atoms in total. The van der Waals surface area contributed by atoms with Gasteiger partial charge in [0, 0.05) is 0 Å². The van der Waals surface area contributed by atoms with Crippen molar-refractivity contribution in [1.82, 2.24) is 0 Å². The zero-order chi connectivity index (χ0) is 11.1. The van der Waals surface area contributed by atoms with E-state index in [0.717, 1.165) is 0 Å². The van der Waals surface area contributed by atoms with Crippen LogP contribution < -0.4 is 5.73 Å². The van der Waals surface area contributed by atoms with Gasteiger partial charge in [0.25, 0.3) is 6.47 Å². The Labute approximate surface area is 77.9 Å². The van der Waals surface area contributed by atoms with E-state index >= 15 is 0 Å². The van der Waals surface area contributed by atoms with Crippen LogP contribution in [0.3, 0.4) is 0 Å². The van der Waals surface area contributed by atoms with Gasteiger partial charge >= 0.3 is 5.97 Å². The Morgan fingerprint density at radius 1 is 1.54 bits per heavy atom. The molecule has 1 atom stereocenters. The molecule has 0 amide bonds. The summed E-state index contributed by atoms with van der Waals surface area (Å²) >= 11 is 0. The second kappa shape index (κ2) is 6.42. The molecule has 0 spiro atoms. The number of nitrogens with two attached hydrogens (primary N) is 1. The van der Waals surface area contributed by atoms with Gasteiger partial charge in [0.2, 0.25) is 0 Å². The summed E-state index contributed by atoms with van der Waals surface area (Å²) in [6, 6.07) is -0.731. The maximum atomic E-state index is 9.60. The fourth-order valence-electron chi connectivity index (χ4n) is 0.144. The van der Waals surface area contributed by atoms with Crippen molar-refractivity contribution in [3.05, 3.63) is 0 Å². The van der Waals surface area contributed by atoms with E-state index < -0.39 is 12.0 Å². The molecule has 0 aromatic heterocycles. The fraction of sp³-hybridized carbons (Fsp3) is 0.750. The predicted octanol–water partition coefficient (Wildman–Crippen LogP) is 0.376. The Bertz CT molecular complexity index is 160. The zero-order valence-electron chi connectivity index (χ0n) is 8.40. The molecule has 0 unspecified atom stereocenters. The standard InChI is InChI=1S/C5H10O2.C3H7NO2/c1-5(2,3)7-4-6;1-2(4)3(5)6/h4H,1-3H3;2H,4H2,1H3,(H,5,6)/t;2-/m.0/s1. The van der Waals surface area contributed by atoms with Crippen LogP contribution in [0.1, 0.15) is 27.7 Å². The Hall–Kier alpha value is -1.10. The Morgan fingerprint density at radius 2 is 1.85 bits per heavy atom. The zero-order valence-corrected chi connectivity index (χ0v) is 8.40. The summed E-state index contributed by atoms with van der Waals surface area (Å²) in [6.45, 7) is 7.34. The lowest BCUT2D eigenvalue weighted by Crippen LogP contribution is -2.25. The first-order valence-electron chi connectivity index (χ1n) is 3.80. The van der Waals surface area contributed by atoms with Gasteiger partial charge in [-0.3, -0.25) is 9.59 Å². The third kappa shape index (κ3) is 18.1. The number of carbonyl (C=O) groups excluding carboxylic acids is 1. The minimum absolute atomic E-state index is 0.318. The van der Waals surface area contributed by atoms with Crippen LogP contribution >= 0.6 is 0 Å². The Morgan fingerprint density at radius 3 is 1.85 bits per heavy atom. The third-order valence-corrected chi connectivity index (χ3v) is 0.791. The summed E-state index contributed by atoms with van der Waals surface area (Å²) in [7, 11) is 0. The lowest BCUT2D eigenvalue weighted by molar-refractivity contribution is -0.139. The van der Waals surface area contributed by atoms with Crippen molar-refractivity contribution in [2.24, 2.45) is 5.73 Å². The van der Waals surface area contributed by atoms with Gasteiger partial charge in [0.1, 0.15) is 11.6 Å². The first-order valence-corrected chi connectivity index (χ1v) is 3.80. The van der Waals surface area contributed by atoms with Gasteiger partial charge in [0.05, 0.1) is 0 Å². The van der Waals surface area contributed by atoms with Gasteiger partial charge in [-0.25, -0.2) is 0 Å². The molecule has 0 aromatic rings. The second-order valence-electron chi connectivity index (χ2n) is 3.45. The van der Waals surface area contributed by atoms with E-state index in [-0.39, 0.29) is 5.60 Å². The quantitative estimate of drug-likeness (QED) is 0.616. The van der Waals surface area contributed by atoms with Gasteiger partial charge in [0.15, 0.2) is 0 Å². The highest BCUT2D eigenvalue weighted by Gasteiger charge is 2.07. The molecule has 0 bridgehead atoms. The van der Waals surface area contributed by atoms with Crippen molar-refractivity contribution >= 4 is 12.4 Å². The van der Waals surface area contributed by atoms with Crippen LogP contribution in [0.5, 0.6) is 0 Å². The molecule has 78 valence electrons. The molecule has 0 saturated heterocycles. The average Bonchev–Trinajstić information content (AvgIpc) is 1.85. The average molecular weight is 191 g/mol. The lowest BCUT2D eigenvalue weighted by Gasteiger charge is -2.14. The number of carboxylic acid groups (broad SMARTS) is 1. The van der Waals surface area contributed by atoms with E-state index in [0.29, 0.717) is 6.47 Å². The van der Waals surface area contributed by atoms with Crippen LogP contribution in [0.2, 0.25) is 0 Å². The maximum Gasteiger partial charge on any atom is 0.320 e. The van der Waals surface area contributed by atoms with Gasteiger partial charge < -0.3 is 15.6 Å². The van der Waals surface area contributed by atoms with Gasteiger partial charge in [-0.05, 0) is 27.7 Å². The van der Waals surface area contributed by atoms with E-state index in [1.54, 1.807) is 0 Å². The van der Waals surface area contributed by atoms with Crippen molar-refractivity contribution < 1.29 is 19.4 Å².